The summed E-state index contributed by atoms with van der Waals surface area (Å²) in [6.45, 7) is 0.874. The summed E-state index contributed by atoms with van der Waals surface area (Å²) in [7, 11) is 0. The van der Waals surface area contributed by atoms with Gasteiger partial charge < -0.3 is 11.1 Å². The number of alkyl halides is 3. The van der Waals surface area contributed by atoms with E-state index in [9.17, 15) is 18.0 Å². The van der Waals surface area contributed by atoms with Crippen LogP contribution in [0.1, 0.15) is 13.3 Å². The summed E-state index contributed by atoms with van der Waals surface area (Å²) in [5, 5.41) is 2.17. The zero-order valence-corrected chi connectivity index (χ0v) is 9.47. The summed E-state index contributed by atoms with van der Waals surface area (Å²) in [6.07, 6.45) is -2.22. The van der Waals surface area contributed by atoms with Gasteiger partial charge in [0.25, 0.3) is 0 Å². The lowest BCUT2D eigenvalue weighted by Gasteiger charge is -2.26. The van der Waals surface area contributed by atoms with Gasteiger partial charge in [0.1, 0.15) is 0 Å². The third-order valence-corrected chi connectivity index (χ3v) is 2.57. The van der Waals surface area contributed by atoms with Gasteiger partial charge in [0, 0.05) is 6.54 Å². The Hall–Kier alpha value is -0.430. The Morgan fingerprint density at radius 2 is 2.00 bits per heavy atom. The van der Waals surface area contributed by atoms with Gasteiger partial charge in [0.05, 0.1) is 0 Å². The van der Waals surface area contributed by atoms with Crippen molar-refractivity contribution >= 4 is 17.7 Å². The number of hydrogen-bond donors (Lipinski definition) is 2. The second kappa shape index (κ2) is 5.60. The Balaban J connectivity index is 4.10. The first-order valence-corrected chi connectivity index (χ1v) is 5.75. The zero-order chi connectivity index (χ0) is 12.1. The Morgan fingerprint density at radius 1 is 1.47 bits per heavy atom. The minimum atomic E-state index is -4.73. The van der Waals surface area contributed by atoms with Crippen LogP contribution in [0.15, 0.2) is 0 Å². The van der Waals surface area contributed by atoms with E-state index in [-0.39, 0.29) is 6.54 Å². The first-order chi connectivity index (χ1) is 6.73. The third-order valence-electron chi connectivity index (χ3n) is 1.87. The SMILES string of the molecule is CSCCCNC(=O)C(C)(N)C(F)(F)F. The lowest BCUT2D eigenvalue weighted by molar-refractivity contribution is -0.187. The standard InChI is InChI=1S/C8H15F3N2OS/c1-7(12,8(9,10)11)6(14)13-4-3-5-15-2/h3-5,12H2,1-2H3,(H,13,14). The maximum absolute atomic E-state index is 12.3. The molecule has 90 valence electrons. The summed E-state index contributed by atoms with van der Waals surface area (Å²) in [5.41, 5.74) is 2.10. The number of rotatable bonds is 5. The van der Waals surface area contributed by atoms with Crippen LogP contribution in [-0.2, 0) is 4.79 Å². The van der Waals surface area contributed by atoms with Crippen LogP contribution in [-0.4, -0.2) is 36.2 Å². The van der Waals surface area contributed by atoms with E-state index in [1.807, 2.05) is 6.26 Å². The van der Waals surface area contributed by atoms with Crippen molar-refractivity contribution in [1.82, 2.24) is 5.32 Å². The molecular weight excluding hydrogens is 229 g/mol. The minimum Gasteiger partial charge on any atom is -0.354 e. The molecule has 3 N–H and O–H groups in total. The molecule has 7 heteroatoms. The maximum atomic E-state index is 12.3. The molecule has 1 unspecified atom stereocenters. The molecule has 15 heavy (non-hydrogen) atoms. The summed E-state index contributed by atoms with van der Waals surface area (Å²) < 4.78 is 36.8. The summed E-state index contributed by atoms with van der Waals surface area (Å²) >= 11 is 1.56. The molecule has 0 aromatic rings. The quantitative estimate of drug-likeness (QED) is 0.713. The van der Waals surface area contributed by atoms with E-state index in [1.54, 1.807) is 11.8 Å². The van der Waals surface area contributed by atoms with Gasteiger partial charge in [0.2, 0.25) is 5.91 Å². The molecule has 0 aromatic carbocycles. The van der Waals surface area contributed by atoms with Crippen LogP contribution in [0, 0.1) is 0 Å². The van der Waals surface area contributed by atoms with E-state index in [4.69, 9.17) is 5.73 Å². The first kappa shape index (κ1) is 14.6. The molecule has 0 aliphatic heterocycles. The van der Waals surface area contributed by atoms with Crippen LogP contribution in [0.2, 0.25) is 0 Å². The molecule has 0 heterocycles. The number of amides is 1. The van der Waals surface area contributed by atoms with Gasteiger partial charge in [-0.15, -0.1) is 0 Å². The van der Waals surface area contributed by atoms with Crippen LogP contribution >= 0.6 is 11.8 Å². The molecule has 0 bridgehead atoms. The van der Waals surface area contributed by atoms with Gasteiger partial charge in [0.15, 0.2) is 5.54 Å². The van der Waals surface area contributed by atoms with Crippen molar-refractivity contribution in [2.45, 2.75) is 25.1 Å². The van der Waals surface area contributed by atoms with E-state index in [0.717, 1.165) is 5.75 Å². The van der Waals surface area contributed by atoms with Gasteiger partial charge in [-0.05, 0) is 25.4 Å². The number of halogens is 3. The van der Waals surface area contributed by atoms with Gasteiger partial charge in [-0.2, -0.15) is 24.9 Å². The molecule has 1 atom stereocenters. The number of thioether (sulfide) groups is 1. The molecule has 0 spiro atoms. The highest BCUT2D eigenvalue weighted by atomic mass is 32.2. The summed E-state index contributed by atoms with van der Waals surface area (Å²) in [6, 6.07) is 0. The molecule has 0 aromatic heterocycles. The molecule has 1 amide bonds. The Labute approximate surface area is 91.0 Å². The van der Waals surface area contributed by atoms with Crippen LogP contribution in [0.4, 0.5) is 13.2 Å². The Bertz CT molecular complexity index is 218. The second-order valence-electron chi connectivity index (χ2n) is 3.30. The largest absolute Gasteiger partial charge is 0.415 e. The van der Waals surface area contributed by atoms with E-state index in [1.165, 1.54) is 0 Å². The molecular formula is C8H15F3N2OS. The summed E-state index contributed by atoms with van der Waals surface area (Å²) in [5.74, 6) is -0.399. The van der Waals surface area contributed by atoms with Crippen molar-refractivity contribution in [3.63, 3.8) is 0 Å². The van der Waals surface area contributed by atoms with E-state index in [0.29, 0.717) is 13.3 Å². The monoisotopic (exact) mass is 244 g/mol. The fraction of sp³-hybridized carbons (Fsp3) is 0.875. The van der Waals surface area contributed by atoms with Crippen LogP contribution in [0.5, 0.6) is 0 Å². The predicted octanol–water partition coefficient (Wildman–Crippen LogP) is 1.14. The highest BCUT2D eigenvalue weighted by molar-refractivity contribution is 7.98. The smallest absolute Gasteiger partial charge is 0.354 e. The van der Waals surface area contributed by atoms with Crippen molar-refractivity contribution in [2.75, 3.05) is 18.6 Å². The van der Waals surface area contributed by atoms with Gasteiger partial charge in [-0.25, -0.2) is 0 Å². The number of carbonyl (C=O) groups is 1. The van der Waals surface area contributed by atoms with Crippen molar-refractivity contribution in [2.24, 2.45) is 5.73 Å². The second-order valence-corrected chi connectivity index (χ2v) is 4.29. The van der Waals surface area contributed by atoms with Gasteiger partial charge in [-0.3, -0.25) is 4.79 Å². The lowest BCUT2D eigenvalue weighted by atomic mass is 10.0. The molecule has 3 nitrogen and oxygen atoms in total. The van der Waals surface area contributed by atoms with Crippen molar-refractivity contribution in [3.8, 4) is 0 Å². The molecule has 0 aliphatic rings. The fourth-order valence-electron chi connectivity index (χ4n) is 0.731. The third kappa shape index (κ3) is 4.29. The molecule has 0 fully saturated rings. The van der Waals surface area contributed by atoms with E-state index in [2.05, 4.69) is 5.32 Å². The highest BCUT2D eigenvalue weighted by Crippen LogP contribution is 2.27. The first-order valence-electron chi connectivity index (χ1n) is 4.36. The molecule has 0 saturated carbocycles. The average molecular weight is 244 g/mol. The van der Waals surface area contributed by atoms with Crippen LogP contribution in [0.25, 0.3) is 0 Å². The van der Waals surface area contributed by atoms with Crippen molar-refractivity contribution < 1.29 is 18.0 Å². The van der Waals surface area contributed by atoms with E-state index >= 15 is 0 Å². The number of hydrogen-bond acceptors (Lipinski definition) is 3. The normalized spacial score (nSPS) is 15.9. The fourth-order valence-corrected chi connectivity index (χ4v) is 1.16. The summed E-state index contributed by atoms with van der Waals surface area (Å²) in [4.78, 5) is 11.1. The van der Waals surface area contributed by atoms with Crippen LogP contribution < -0.4 is 11.1 Å². The Morgan fingerprint density at radius 3 is 2.40 bits per heavy atom. The van der Waals surface area contributed by atoms with Crippen LogP contribution in [0.3, 0.4) is 0 Å². The van der Waals surface area contributed by atoms with Crippen molar-refractivity contribution in [1.29, 1.82) is 0 Å². The number of carbonyl (C=O) groups excluding carboxylic acids is 1. The average Bonchev–Trinajstić information content (AvgIpc) is 2.10. The van der Waals surface area contributed by atoms with Crippen molar-refractivity contribution in [3.05, 3.63) is 0 Å². The predicted molar refractivity (Wildman–Crippen MR) is 54.7 cm³/mol. The van der Waals surface area contributed by atoms with Gasteiger partial charge >= 0.3 is 6.18 Å². The molecule has 0 radical (unpaired) electrons. The zero-order valence-electron chi connectivity index (χ0n) is 8.65. The minimum absolute atomic E-state index is 0.211. The number of nitrogens with two attached hydrogens (primary N) is 1. The molecule has 0 aliphatic carbocycles. The topological polar surface area (TPSA) is 55.1 Å². The molecule has 0 saturated heterocycles. The van der Waals surface area contributed by atoms with E-state index < -0.39 is 17.6 Å². The van der Waals surface area contributed by atoms with Gasteiger partial charge in [-0.1, -0.05) is 0 Å². The highest BCUT2D eigenvalue weighted by Gasteiger charge is 2.53. The number of nitrogens with one attached hydrogen (secondary N) is 1. The lowest BCUT2D eigenvalue weighted by Crippen LogP contribution is -2.61. The Kier molecular flexibility index (Phi) is 5.44. The maximum Gasteiger partial charge on any atom is 0.415 e. The molecule has 0 rings (SSSR count).